The molecule has 6 heteroatoms. The van der Waals surface area contributed by atoms with Crippen LogP contribution in [0.25, 0.3) is 0 Å². The van der Waals surface area contributed by atoms with Crippen molar-refractivity contribution in [3.63, 3.8) is 0 Å². The Balaban J connectivity index is 2.08. The van der Waals surface area contributed by atoms with Gasteiger partial charge < -0.3 is 14.3 Å². The Labute approximate surface area is 115 Å². The number of carbonyl (C=O) groups excluding carboxylic acids is 1. The molecule has 2 aromatic rings. The number of carbonyl (C=O) groups is 1. The molecule has 0 saturated carbocycles. The highest BCUT2D eigenvalue weighted by molar-refractivity contribution is 5.95. The quantitative estimate of drug-likeness (QED) is 0.660. The average Bonchev–Trinajstić information content (AvgIpc) is 2.87. The molecule has 0 aliphatic rings. The fourth-order valence-corrected chi connectivity index (χ4v) is 1.65. The molecule has 2 N–H and O–H groups in total. The Bertz CT molecular complexity index is 646. The molecule has 1 aromatic carbocycles. The van der Waals surface area contributed by atoms with Crippen molar-refractivity contribution < 1.29 is 19.1 Å². The number of hydrogen-bond acceptors (Lipinski definition) is 5. The molecule has 0 unspecified atom stereocenters. The third-order valence-corrected chi connectivity index (χ3v) is 2.72. The number of amides is 1. The first-order valence-electron chi connectivity index (χ1n) is 5.87. The lowest BCUT2D eigenvalue weighted by Gasteiger charge is -2.04. The Hall–Kier alpha value is -2.76. The van der Waals surface area contributed by atoms with E-state index in [9.17, 15) is 9.90 Å². The van der Waals surface area contributed by atoms with E-state index in [0.29, 0.717) is 22.6 Å². The third kappa shape index (κ3) is 2.80. The summed E-state index contributed by atoms with van der Waals surface area (Å²) >= 11 is 0. The van der Waals surface area contributed by atoms with Gasteiger partial charge in [0.1, 0.15) is 5.76 Å². The van der Waals surface area contributed by atoms with Gasteiger partial charge in [-0.3, -0.25) is 4.79 Å². The lowest BCUT2D eigenvalue weighted by Crippen LogP contribution is -2.17. The van der Waals surface area contributed by atoms with Crippen molar-refractivity contribution in [1.29, 1.82) is 0 Å². The summed E-state index contributed by atoms with van der Waals surface area (Å²) in [5, 5.41) is 13.6. The van der Waals surface area contributed by atoms with E-state index in [-0.39, 0.29) is 11.7 Å². The van der Waals surface area contributed by atoms with Crippen LogP contribution in [0.4, 0.5) is 0 Å². The first-order chi connectivity index (χ1) is 9.63. The van der Waals surface area contributed by atoms with Gasteiger partial charge in [-0.2, -0.15) is 5.10 Å². The molecule has 1 aromatic heterocycles. The van der Waals surface area contributed by atoms with E-state index < -0.39 is 0 Å². The number of ether oxygens (including phenoxy) is 1. The number of hydrazone groups is 1. The highest BCUT2D eigenvalue weighted by Crippen LogP contribution is 2.27. The van der Waals surface area contributed by atoms with Crippen LogP contribution < -0.4 is 10.2 Å². The minimum absolute atomic E-state index is 0.0347. The van der Waals surface area contributed by atoms with Crippen LogP contribution in [0, 0.1) is 6.92 Å². The number of aromatic hydroxyl groups is 1. The maximum Gasteiger partial charge on any atom is 0.274 e. The molecule has 0 atom stereocenters. The number of rotatable bonds is 4. The summed E-state index contributed by atoms with van der Waals surface area (Å²) in [7, 11) is 1.46. The molecule has 0 saturated heterocycles. The monoisotopic (exact) mass is 274 g/mol. The lowest BCUT2D eigenvalue weighted by atomic mass is 10.2. The smallest absolute Gasteiger partial charge is 0.274 e. The van der Waals surface area contributed by atoms with Crippen molar-refractivity contribution in [3.05, 3.63) is 47.4 Å². The van der Waals surface area contributed by atoms with Crippen LogP contribution in [-0.4, -0.2) is 24.3 Å². The number of nitrogens with one attached hydrogen (secondary N) is 1. The lowest BCUT2D eigenvalue weighted by molar-refractivity contribution is 0.0953. The summed E-state index contributed by atoms with van der Waals surface area (Å²) in [5.74, 6) is 0.440. The molecule has 0 aliphatic heterocycles. The largest absolute Gasteiger partial charge is 0.504 e. The van der Waals surface area contributed by atoms with Gasteiger partial charge in [-0.05, 0) is 25.1 Å². The maximum atomic E-state index is 11.8. The molecule has 1 heterocycles. The van der Waals surface area contributed by atoms with E-state index in [2.05, 4.69) is 10.5 Å². The van der Waals surface area contributed by atoms with E-state index in [1.165, 1.54) is 19.6 Å². The van der Waals surface area contributed by atoms with Gasteiger partial charge >= 0.3 is 0 Å². The number of phenolic OH excluding ortho intramolecular Hbond substituents is 1. The molecule has 6 nitrogen and oxygen atoms in total. The van der Waals surface area contributed by atoms with Crippen LogP contribution in [0.3, 0.4) is 0 Å². The highest BCUT2D eigenvalue weighted by Gasteiger charge is 2.10. The van der Waals surface area contributed by atoms with Crippen molar-refractivity contribution in [2.75, 3.05) is 7.11 Å². The number of methoxy groups -OCH3 is 1. The summed E-state index contributed by atoms with van der Waals surface area (Å²) in [4.78, 5) is 11.8. The zero-order chi connectivity index (χ0) is 14.5. The van der Waals surface area contributed by atoms with Crippen molar-refractivity contribution in [2.24, 2.45) is 5.10 Å². The van der Waals surface area contributed by atoms with Gasteiger partial charge in [0.25, 0.3) is 5.91 Å². The average molecular weight is 274 g/mol. The summed E-state index contributed by atoms with van der Waals surface area (Å²) in [6, 6.07) is 6.54. The van der Waals surface area contributed by atoms with E-state index in [1.54, 1.807) is 31.2 Å². The fraction of sp³-hybridized carbons (Fsp3) is 0.143. The molecule has 20 heavy (non-hydrogen) atoms. The summed E-state index contributed by atoms with van der Waals surface area (Å²) in [5.41, 5.74) is 3.21. The topological polar surface area (TPSA) is 84.1 Å². The van der Waals surface area contributed by atoms with Gasteiger partial charge in [0.2, 0.25) is 0 Å². The van der Waals surface area contributed by atoms with Crippen LogP contribution in [0.2, 0.25) is 0 Å². The standard InChI is InChI=1S/C14H14N2O4/c1-9-11(6-7-20-9)14(18)16-15-8-10-4-3-5-12(19-2)13(10)17/h3-8,17H,1-2H3,(H,16,18)/b15-8+. The van der Waals surface area contributed by atoms with Crippen LogP contribution in [0.15, 0.2) is 40.0 Å². The van der Waals surface area contributed by atoms with Gasteiger partial charge in [0.15, 0.2) is 11.5 Å². The zero-order valence-electron chi connectivity index (χ0n) is 11.1. The number of para-hydroxylation sites is 1. The summed E-state index contributed by atoms with van der Waals surface area (Å²) < 4.78 is 10.0. The van der Waals surface area contributed by atoms with Crippen LogP contribution in [-0.2, 0) is 0 Å². The predicted octanol–water partition coefficient (Wildman–Crippen LogP) is 2.07. The first kappa shape index (κ1) is 13.7. The Kier molecular flexibility index (Phi) is 4.05. The third-order valence-electron chi connectivity index (χ3n) is 2.72. The van der Waals surface area contributed by atoms with E-state index in [1.807, 2.05) is 0 Å². The van der Waals surface area contributed by atoms with E-state index in [4.69, 9.17) is 9.15 Å². The van der Waals surface area contributed by atoms with Crippen molar-refractivity contribution in [3.8, 4) is 11.5 Å². The normalized spacial score (nSPS) is 10.7. The van der Waals surface area contributed by atoms with Gasteiger partial charge in [0.05, 0.1) is 25.2 Å². The van der Waals surface area contributed by atoms with Gasteiger partial charge in [-0.1, -0.05) is 6.07 Å². The zero-order valence-corrected chi connectivity index (χ0v) is 11.1. The Morgan fingerprint density at radius 3 is 2.90 bits per heavy atom. The molecular formula is C14H14N2O4. The molecule has 0 spiro atoms. The Morgan fingerprint density at radius 2 is 2.25 bits per heavy atom. The van der Waals surface area contributed by atoms with Crippen LogP contribution in [0.5, 0.6) is 11.5 Å². The fourth-order valence-electron chi connectivity index (χ4n) is 1.65. The van der Waals surface area contributed by atoms with Gasteiger partial charge in [-0.15, -0.1) is 0 Å². The minimum Gasteiger partial charge on any atom is -0.504 e. The molecule has 0 aliphatic carbocycles. The van der Waals surface area contributed by atoms with Crippen molar-refractivity contribution in [2.45, 2.75) is 6.92 Å². The SMILES string of the molecule is COc1cccc(/C=N/NC(=O)c2ccoc2C)c1O. The number of benzene rings is 1. The number of aryl methyl sites for hydroxylation is 1. The van der Waals surface area contributed by atoms with E-state index >= 15 is 0 Å². The molecule has 0 radical (unpaired) electrons. The number of phenols is 1. The molecule has 0 fully saturated rings. The molecule has 0 bridgehead atoms. The summed E-state index contributed by atoms with van der Waals surface area (Å²) in [6.45, 7) is 1.69. The van der Waals surface area contributed by atoms with Crippen LogP contribution >= 0.6 is 0 Å². The second-order valence-corrected chi connectivity index (χ2v) is 3.99. The minimum atomic E-state index is -0.380. The van der Waals surface area contributed by atoms with Gasteiger partial charge in [0, 0.05) is 5.56 Å². The highest BCUT2D eigenvalue weighted by atomic mass is 16.5. The number of hydrogen-bond donors (Lipinski definition) is 2. The molecule has 104 valence electrons. The van der Waals surface area contributed by atoms with Crippen molar-refractivity contribution >= 4 is 12.1 Å². The molecule has 2 rings (SSSR count). The molecular weight excluding hydrogens is 260 g/mol. The number of nitrogens with zero attached hydrogens (tertiary/aromatic N) is 1. The van der Waals surface area contributed by atoms with Crippen molar-refractivity contribution in [1.82, 2.24) is 5.43 Å². The van der Waals surface area contributed by atoms with Gasteiger partial charge in [-0.25, -0.2) is 5.43 Å². The summed E-state index contributed by atoms with van der Waals surface area (Å²) in [6.07, 6.45) is 2.77. The second kappa shape index (κ2) is 5.92. The number of furan rings is 1. The van der Waals surface area contributed by atoms with E-state index in [0.717, 1.165) is 0 Å². The second-order valence-electron chi connectivity index (χ2n) is 3.99. The predicted molar refractivity (Wildman–Crippen MR) is 73.2 cm³/mol. The first-order valence-corrected chi connectivity index (χ1v) is 5.87. The maximum absolute atomic E-state index is 11.8. The van der Waals surface area contributed by atoms with Crippen LogP contribution in [0.1, 0.15) is 21.7 Å². The Morgan fingerprint density at radius 1 is 1.45 bits per heavy atom. The molecule has 1 amide bonds.